The Bertz CT molecular complexity index is 1050. The Hall–Kier alpha value is -2.64. The summed E-state index contributed by atoms with van der Waals surface area (Å²) in [6.07, 6.45) is 1.67. The molecular weight excluding hydrogens is 466 g/mol. The molecule has 2 N–H and O–H groups in total. The number of hydrogen-bond acceptors (Lipinski definition) is 6. The molecule has 1 saturated heterocycles. The average molecular weight is 502 g/mol. The minimum atomic E-state index is -0.0276. The number of halogens is 1. The van der Waals surface area contributed by atoms with Crippen molar-refractivity contribution in [2.75, 3.05) is 45.7 Å². The normalized spacial score (nSPS) is 17.9. The number of hydrogen-bond donors (Lipinski definition) is 1. The van der Waals surface area contributed by atoms with Gasteiger partial charge in [0.05, 0.1) is 37.0 Å². The molecule has 0 aromatic heterocycles. The fourth-order valence-electron chi connectivity index (χ4n) is 4.85. The van der Waals surface area contributed by atoms with Crippen LogP contribution in [0.5, 0.6) is 17.2 Å². The Labute approximate surface area is 213 Å². The van der Waals surface area contributed by atoms with Gasteiger partial charge in [-0.2, -0.15) is 0 Å². The van der Waals surface area contributed by atoms with Crippen molar-refractivity contribution < 1.29 is 19.0 Å². The fraction of sp³-hybridized carbons (Fsp3) is 0.519. The first-order valence-corrected chi connectivity index (χ1v) is 12.7. The van der Waals surface area contributed by atoms with Crippen LogP contribution >= 0.6 is 11.6 Å². The number of anilines is 1. The number of nitrogens with two attached hydrogens (primary N) is 1. The summed E-state index contributed by atoms with van der Waals surface area (Å²) in [5.41, 5.74) is 8.78. The lowest BCUT2D eigenvalue weighted by molar-refractivity contribution is -0.136. The van der Waals surface area contributed by atoms with E-state index in [1.807, 2.05) is 35.2 Å². The standard InChI is InChI=1S/C27H36ClN3O4/c1-18(2)14-31(16-20-11-22(28)26-25(13-20)34-9-4-10-35-26)27(32)21-7-8-30(17-21)15-19-5-6-24(33-3)23(29)12-19/h5-6,11-13,18,21H,4,7-10,14-17,29H2,1-3H3/t21-/m1/s1. The number of carbonyl (C=O) groups excluding carboxylic acids is 1. The van der Waals surface area contributed by atoms with Crippen molar-refractivity contribution in [3.63, 3.8) is 0 Å². The third kappa shape index (κ3) is 6.33. The Balaban J connectivity index is 1.43. The topological polar surface area (TPSA) is 77.3 Å². The number of methoxy groups -OCH3 is 1. The van der Waals surface area contributed by atoms with E-state index in [1.165, 1.54) is 0 Å². The molecule has 0 bridgehead atoms. The van der Waals surface area contributed by atoms with Crippen LogP contribution in [0.4, 0.5) is 5.69 Å². The first kappa shape index (κ1) is 25.5. The molecule has 2 aliphatic heterocycles. The fourth-order valence-corrected chi connectivity index (χ4v) is 5.13. The predicted octanol–water partition coefficient (Wildman–Crippen LogP) is 4.60. The summed E-state index contributed by atoms with van der Waals surface area (Å²) in [4.78, 5) is 17.9. The number of nitrogens with zero attached hydrogens (tertiary/aromatic N) is 2. The minimum absolute atomic E-state index is 0.0276. The summed E-state index contributed by atoms with van der Waals surface area (Å²) >= 11 is 6.51. The van der Waals surface area contributed by atoms with Crippen LogP contribution in [0.3, 0.4) is 0 Å². The number of carbonyl (C=O) groups is 1. The number of nitrogen functional groups attached to an aromatic ring is 1. The molecule has 190 valence electrons. The Morgan fingerprint density at radius 2 is 2.03 bits per heavy atom. The smallest absolute Gasteiger partial charge is 0.227 e. The largest absolute Gasteiger partial charge is 0.495 e. The van der Waals surface area contributed by atoms with Gasteiger partial charge in [-0.05, 0) is 54.3 Å². The molecule has 2 heterocycles. The molecule has 0 spiro atoms. The van der Waals surface area contributed by atoms with Crippen LogP contribution in [0.25, 0.3) is 0 Å². The van der Waals surface area contributed by atoms with Gasteiger partial charge in [0.15, 0.2) is 11.5 Å². The number of likely N-dealkylation sites (tertiary alicyclic amines) is 1. The highest BCUT2D eigenvalue weighted by Gasteiger charge is 2.32. The first-order valence-electron chi connectivity index (χ1n) is 12.4. The van der Waals surface area contributed by atoms with E-state index < -0.39 is 0 Å². The molecule has 0 radical (unpaired) electrons. The molecule has 1 fully saturated rings. The number of rotatable bonds is 8. The number of fused-ring (bicyclic) bond motifs is 1. The number of ether oxygens (including phenoxy) is 3. The molecule has 0 aliphatic carbocycles. The molecule has 0 unspecified atom stereocenters. The molecule has 8 heteroatoms. The van der Waals surface area contributed by atoms with Gasteiger partial charge in [-0.1, -0.05) is 31.5 Å². The van der Waals surface area contributed by atoms with Crippen LogP contribution in [-0.2, 0) is 17.9 Å². The molecule has 2 aliphatic rings. The van der Waals surface area contributed by atoms with Crippen molar-refractivity contribution in [2.24, 2.45) is 11.8 Å². The second-order valence-corrected chi connectivity index (χ2v) is 10.3. The first-order chi connectivity index (χ1) is 16.8. The van der Waals surface area contributed by atoms with Gasteiger partial charge in [-0.3, -0.25) is 9.69 Å². The van der Waals surface area contributed by atoms with Gasteiger partial charge >= 0.3 is 0 Å². The molecule has 4 rings (SSSR count). The maximum absolute atomic E-state index is 13.6. The van der Waals surface area contributed by atoms with Crippen molar-refractivity contribution >= 4 is 23.2 Å². The highest BCUT2D eigenvalue weighted by Crippen LogP contribution is 2.38. The Kier molecular flexibility index (Phi) is 8.29. The van der Waals surface area contributed by atoms with E-state index in [-0.39, 0.29) is 11.8 Å². The zero-order valence-electron chi connectivity index (χ0n) is 20.9. The molecule has 1 amide bonds. The Morgan fingerprint density at radius 3 is 2.77 bits per heavy atom. The summed E-state index contributed by atoms with van der Waals surface area (Å²) in [6.45, 7) is 9.03. The predicted molar refractivity (Wildman–Crippen MR) is 138 cm³/mol. The quantitative estimate of drug-likeness (QED) is 0.533. The molecule has 0 saturated carbocycles. The molecule has 2 aromatic rings. The number of benzene rings is 2. The Morgan fingerprint density at radius 1 is 1.23 bits per heavy atom. The SMILES string of the molecule is COc1ccc(CN2CC[C@@H](C(=O)N(Cc3cc(Cl)c4c(c3)OCCCO4)CC(C)C)C2)cc1N. The zero-order chi connectivity index (χ0) is 24.9. The third-order valence-corrected chi connectivity index (χ3v) is 6.74. The van der Waals surface area contributed by atoms with Crippen LogP contribution in [-0.4, -0.2) is 55.7 Å². The van der Waals surface area contributed by atoms with Crippen molar-refractivity contribution in [2.45, 2.75) is 39.8 Å². The molecule has 2 aromatic carbocycles. The van der Waals surface area contributed by atoms with Crippen LogP contribution in [0, 0.1) is 11.8 Å². The molecular formula is C27H36ClN3O4. The summed E-state index contributed by atoms with van der Waals surface area (Å²) in [6, 6.07) is 9.73. The van der Waals surface area contributed by atoms with Crippen molar-refractivity contribution in [1.82, 2.24) is 9.80 Å². The second-order valence-electron chi connectivity index (χ2n) is 9.87. The van der Waals surface area contributed by atoms with Crippen molar-refractivity contribution in [3.8, 4) is 17.2 Å². The summed E-state index contributed by atoms with van der Waals surface area (Å²) in [5.74, 6) is 2.46. The van der Waals surface area contributed by atoms with Crippen molar-refractivity contribution in [3.05, 3.63) is 46.5 Å². The van der Waals surface area contributed by atoms with Gasteiger partial charge in [-0.25, -0.2) is 0 Å². The highest BCUT2D eigenvalue weighted by molar-refractivity contribution is 6.32. The van der Waals surface area contributed by atoms with Gasteiger partial charge < -0.3 is 24.8 Å². The van der Waals surface area contributed by atoms with Gasteiger partial charge in [0.1, 0.15) is 5.75 Å². The van der Waals surface area contributed by atoms with Gasteiger partial charge in [0.2, 0.25) is 5.91 Å². The van der Waals surface area contributed by atoms with E-state index in [4.69, 9.17) is 31.5 Å². The summed E-state index contributed by atoms with van der Waals surface area (Å²) in [5, 5.41) is 0.530. The van der Waals surface area contributed by atoms with Crippen LogP contribution in [0.1, 0.15) is 37.8 Å². The van der Waals surface area contributed by atoms with Crippen LogP contribution < -0.4 is 19.9 Å². The minimum Gasteiger partial charge on any atom is -0.495 e. The molecule has 35 heavy (non-hydrogen) atoms. The number of amides is 1. The van der Waals surface area contributed by atoms with E-state index >= 15 is 0 Å². The molecule has 1 atom stereocenters. The summed E-state index contributed by atoms with van der Waals surface area (Å²) < 4.78 is 16.9. The van der Waals surface area contributed by atoms with Gasteiger partial charge in [-0.15, -0.1) is 0 Å². The van der Waals surface area contributed by atoms with E-state index in [9.17, 15) is 4.79 Å². The van der Waals surface area contributed by atoms with E-state index in [0.717, 1.165) is 43.6 Å². The van der Waals surface area contributed by atoms with E-state index in [0.29, 0.717) is 60.2 Å². The maximum Gasteiger partial charge on any atom is 0.227 e. The maximum atomic E-state index is 13.6. The van der Waals surface area contributed by atoms with Crippen LogP contribution in [0.2, 0.25) is 5.02 Å². The average Bonchev–Trinajstić information content (AvgIpc) is 3.14. The lowest BCUT2D eigenvalue weighted by atomic mass is 10.0. The van der Waals surface area contributed by atoms with Crippen LogP contribution in [0.15, 0.2) is 30.3 Å². The van der Waals surface area contributed by atoms with Crippen molar-refractivity contribution in [1.29, 1.82) is 0 Å². The molecule has 7 nitrogen and oxygen atoms in total. The second kappa shape index (κ2) is 11.4. The zero-order valence-corrected chi connectivity index (χ0v) is 21.6. The van der Waals surface area contributed by atoms with E-state index in [1.54, 1.807) is 7.11 Å². The highest BCUT2D eigenvalue weighted by atomic mass is 35.5. The van der Waals surface area contributed by atoms with Gasteiger partial charge in [0, 0.05) is 32.6 Å². The lowest BCUT2D eigenvalue weighted by Gasteiger charge is -2.28. The summed E-state index contributed by atoms with van der Waals surface area (Å²) in [7, 11) is 1.62. The lowest BCUT2D eigenvalue weighted by Crippen LogP contribution is -2.39. The van der Waals surface area contributed by atoms with E-state index in [2.05, 4.69) is 18.7 Å². The monoisotopic (exact) mass is 501 g/mol. The third-order valence-electron chi connectivity index (χ3n) is 6.45. The van der Waals surface area contributed by atoms with Gasteiger partial charge in [0.25, 0.3) is 0 Å².